The Hall–Kier alpha value is -2.15. The van der Waals surface area contributed by atoms with Crippen LogP contribution in [-0.4, -0.2) is 44.5 Å². The summed E-state index contributed by atoms with van der Waals surface area (Å²) in [5, 5.41) is 20.3. The number of imide groups is 1. The van der Waals surface area contributed by atoms with E-state index in [1.807, 2.05) is 30.3 Å². The molecular formula is C18H17NO4S. The van der Waals surface area contributed by atoms with E-state index in [1.54, 1.807) is 24.3 Å². The minimum atomic E-state index is -2.20. The SMILES string of the molecule is CC(O)(O)[C@H](CSc1ccccc1)N1C(=O)c2ccccc2C1=O. The molecule has 6 heteroatoms. The van der Waals surface area contributed by atoms with Gasteiger partial charge in [0.1, 0.15) is 6.04 Å². The van der Waals surface area contributed by atoms with Crippen LogP contribution in [0, 0.1) is 0 Å². The summed E-state index contributed by atoms with van der Waals surface area (Å²) in [5.41, 5.74) is 0.586. The van der Waals surface area contributed by atoms with Gasteiger partial charge in [-0.25, -0.2) is 0 Å². The Morgan fingerprint density at radius 2 is 1.46 bits per heavy atom. The average Bonchev–Trinajstić information content (AvgIpc) is 2.80. The fraction of sp³-hybridized carbons (Fsp3) is 0.222. The molecule has 0 saturated carbocycles. The monoisotopic (exact) mass is 343 g/mol. The van der Waals surface area contributed by atoms with E-state index >= 15 is 0 Å². The first-order valence-corrected chi connectivity index (χ1v) is 8.47. The van der Waals surface area contributed by atoms with Gasteiger partial charge in [0.25, 0.3) is 11.8 Å². The van der Waals surface area contributed by atoms with Crippen LogP contribution in [-0.2, 0) is 0 Å². The Kier molecular flexibility index (Phi) is 4.45. The lowest BCUT2D eigenvalue weighted by atomic mass is 10.1. The van der Waals surface area contributed by atoms with Crippen molar-refractivity contribution in [1.29, 1.82) is 0 Å². The van der Waals surface area contributed by atoms with Crippen molar-refractivity contribution in [2.45, 2.75) is 23.6 Å². The normalized spacial score (nSPS) is 15.5. The molecule has 24 heavy (non-hydrogen) atoms. The van der Waals surface area contributed by atoms with Crippen molar-refractivity contribution in [3.8, 4) is 0 Å². The van der Waals surface area contributed by atoms with Gasteiger partial charge in [0.2, 0.25) is 0 Å². The summed E-state index contributed by atoms with van der Waals surface area (Å²) in [6.45, 7) is 1.19. The molecule has 2 amide bonds. The zero-order chi connectivity index (χ0) is 17.3. The average molecular weight is 343 g/mol. The van der Waals surface area contributed by atoms with Crippen molar-refractivity contribution in [2.75, 3.05) is 5.75 Å². The van der Waals surface area contributed by atoms with Gasteiger partial charge in [-0.05, 0) is 31.2 Å². The van der Waals surface area contributed by atoms with Crippen molar-refractivity contribution in [3.05, 3.63) is 65.7 Å². The Labute approximate surface area is 143 Å². The molecule has 1 heterocycles. The number of amides is 2. The van der Waals surface area contributed by atoms with Gasteiger partial charge in [0.15, 0.2) is 5.79 Å². The second-order valence-electron chi connectivity index (χ2n) is 5.76. The minimum absolute atomic E-state index is 0.180. The van der Waals surface area contributed by atoms with Crippen molar-refractivity contribution in [3.63, 3.8) is 0 Å². The van der Waals surface area contributed by atoms with Crippen LogP contribution >= 0.6 is 11.8 Å². The lowest BCUT2D eigenvalue weighted by Crippen LogP contribution is -2.54. The maximum Gasteiger partial charge on any atom is 0.262 e. The molecule has 0 saturated heterocycles. The molecule has 0 unspecified atom stereocenters. The number of carbonyl (C=O) groups is 2. The van der Waals surface area contributed by atoms with Crippen LogP contribution in [0.5, 0.6) is 0 Å². The predicted octanol–water partition coefficient (Wildman–Crippen LogP) is 2.14. The van der Waals surface area contributed by atoms with Gasteiger partial charge in [0, 0.05) is 10.6 Å². The summed E-state index contributed by atoms with van der Waals surface area (Å²) >= 11 is 1.36. The summed E-state index contributed by atoms with van der Waals surface area (Å²) < 4.78 is 0. The van der Waals surface area contributed by atoms with Gasteiger partial charge in [0.05, 0.1) is 11.1 Å². The second-order valence-corrected chi connectivity index (χ2v) is 6.85. The summed E-state index contributed by atoms with van der Waals surface area (Å²) in [4.78, 5) is 27.0. The number of fused-ring (bicyclic) bond motifs is 1. The molecule has 0 radical (unpaired) electrons. The number of benzene rings is 2. The van der Waals surface area contributed by atoms with Crippen LogP contribution in [0.4, 0.5) is 0 Å². The first kappa shape index (κ1) is 16.7. The van der Waals surface area contributed by atoms with E-state index in [9.17, 15) is 19.8 Å². The number of hydrogen-bond acceptors (Lipinski definition) is 5. The summed E-state index contributed by atoms with van der Waals surface area (Å²) in [6.07, 6.45) is 0. The lowest BCUT2D eigenvalue weighted by molar-refractivity contribution is -0.175. The fourth-order valence-corrected chi connectivity index (χ4v) is 3.82. The second kappa shape index (κ2) is 6.39. The van der Waals surface area contributed by atoms with Gasteiger partial charge in [-0.1, -0.05) is 30.3 Å². The molecule has 1 aliphatic rings. The molecule has 2 N–H and O–H groups in total. The maximum absolute atomic E-state index is 12.6. The van der Waals surface area contributed by atoms with E-state index in [1.165, 1.54) is 18.7 Å². The Bertz CT molecular complexity index is 735. The van der Waals surface area contributed by atoms with E-state index in [0.717, 1.165) is 9.80 Å². The number of aliphatic hydroxyl groups is 2. The van der Waals surface area contributed by atoms with Gasteiger partial charge in [-0.2, -0.15) is 0 Å². The third-order valence-corrected chi connectivity index (χ3v) is 5.01. The van der Waals surface area contributed by atoms with Crippen LogP contribution in [0.2, 0.25) is 0 Å². The lowest BCUT2D eigenvalue weighted by Gasteiger charge is -2.33. The smallest absolute Gasteiger partial charge is 0.262 e. The van der Waals surface area contributed by atoms with Crippen molar-refractivity contribution >= 4 is 23.6 Å². The molecule has 2 aromatic rings. The number of hydrogen-bond donors (Lipinski definition) is 2. The Balaban J connectivity index is 1.88. The number of rotatable bonds is 5. The molecule has 0 fully saturated rings. The van der Waals surface area contributed by atoms with E-state index in [0.29, 0.717) is 11.1 Å². The van der Waals surface area contributed by atoms with Crippen molar-refractivity contribution in [1.82, 2.24) is 4.90 Å². The first-order valence-electron chi connectivity index (χ1n) is 7.49. The van der Waals surface area contributed by atoms with Crippen LogP contribution in [0.15, 0.2) is 59.5 Å². The van der Waals surface area contributed by atoms with E-state index in [-0.39, 0.29) is 5.75 Å². The molecule has 0 spiro atoms. The fourth-order valence-electron chi connectivity index (χ4n) is 2.66. The van der Waals surface area contributed by atoms with E-state index in [2.05, 4.69) is 0 Å². The summed E-state index contributed by atoms with van der Waals surface area (Å²) in [7, 11) is 0. The van der Waals surface area contributed by atoms with Gasteiger partial charge in [-0.15, -0.1) is 11.8 Å². The molecule has 2 aromatic carbocycles. The molecule has 0 aromatic heterocycles. The zero-order valence-corrected chi connectivity index (χ0v) is 13.9. The zero-order valence-electron chi connectivity index (χ0n) is 13.0. The molecule has 5 nitrogen and oxygen atoms in total. The Morgan fingerprint density at radius 1 is 0.958 bits per heavy atom. The number of thioether (sulfide) groups is 1. The number of nitrogens with zero attached hydrogens (tertiary/aromatic N) is 1. The van der Waals surface area contributed by atoms with Gasteiger partial charge < -0.3 is 10.2 Å². The molecule has 0 bridgehead atoms. The molecular weight excluding hydrogens is 326 g/mol. The highest BCUT2D eigenvalue weighted by Gasteiger charge is 2.46. The van der Waals surface area contributed by atoms with Gasteiger partial charge in [-0.3, -0.25) is 14.5 Å². The molecule has 1 aliphatic heterocycles. The summed E-state index contributed by atoms with van der Waals surface area (Å²) in [5.74, 6) is -3.01. The topological polar surface area (TPSA) is 77.8 Å². The number of carbonyl (C=O) groups excluding carboxylic acids is 2. The quantitative estimate of drug-likeness (QED) is 0.494. The van der Waals surface area contributed by atoms with Crippen molar-refractivity contribution < 1.29 is 19.8 Å². The minimum Gasteiger partial charge on any atom is -0.364 e. The van der Waals surface area contributed by atoms with Crippen LogP contribution in [0.25, 0.3) is 0 Å². The van der Waals surface area contributed by atoms with E-state index in [4.69, 9.17) is 0 Å². The van der Waals surface area contributed by atoms with Crippen LogP contribution < -0.4 is 0 Å². The van der Waals surface area contributed by atoms with Crippen molar-refractivity contribution in [2.24, 2.45) is 0 Å². The highest BCUT2D eigenvalue weighted by atomic mass is 32.2. The van der Waals surface area contributed by atoms with Gasteiger partial charge >= 0.3 is 0 Å². The largest absolute Gasteiger partial charge is 0.364 e. The Morgan fingerprint density at radius 3 is 1.96 bits per heavy atom. The third-order valence-electron chi connectivity index (χ3n) is 3.92. The highest BCUT2D eigenvalue weighted by Crippen LogP contribution is 2.31. The third kappa shape index (κ3) is 3.08. The highest BCUT2D eigenvalue weighted by molar-refractivity contribution is 7.99. The van der Waals surface area contributed by atoms with E-state index < -0.39 is 23.6 Å². The molecule has 124 valence electrons. The van der Waals surface area contributed by atoms with Crippen LogP contribution in [0.3, 0.4) is 0 Å². The predicted molar refractivity (Wildman–Crippen MR) is 90.7 cm³/mol. The standard InChI is InChI=1S/C18H17NO4S/c1-18(22,23)15(11-24-12-7-3-2-4-8-12)19-16(20)13-9-5-6-10-14(13)17(19)21/h2-10,15,22-23H,11H2,1H3/t15-/m0/s1. The molecule has 1 atom stereocenters. The maximum atomic E-state index is 12.6. The molecule has 0 aliphatic carbocycles. The first-order chi connectivity index (χ1) is 11.4. The van der Waals surface area contributed by atoms with Crippen LogP contribution in [0.1, 0.15) is 27.6 Å². The summed E-state index contributed by atoms with van der Waals surface area (Å²) in [6, 6.07) is 14.8. The molecule has 3 rings (SSSR count).